The monoisotopic (exact) mass is 527 g/mol. The van der Waals surface area contributed by atoms with E-state index in [9.17, 15) is 14.0 Å². The van der Waals surface area contributed by atoms with Crippen molar-refractivity contribution in [2.45, 2.75) is 18.7 Å². The lowest BCUT2D eigenvalue weighted by molar-refractivity contribution is -0.113. The molecule has 0 bridgehead atoms. The smallest absolute Gasteiger partial charge is 0.350 e. The predicted molar refractivity (Wildman–Crippen MR) is 136 cm³/mol. The number of hydrogen-bond donors (Lipinski definition) is 2. The maximum atomic E-state index is 13.7. The van der Waals surface area contributed by atoms with E-state index in [1.54, 1.807) is 25.1 Å². The number of nitrogen functional groups attached to an aromatic ring is 1. The third kappa shape index (κ3) is 6.01. The van der Waals surface area contributed by atoms with Crippen molar-refractivity contribution < 1.29 is 23.5 Å². The quantitative estimate of drug-likeness (QED) is 0.177. The molecule has 0 saturated carbocycles. The van der Waals surface area contributed by atoms with Gasteiger partial charge in [0.2, 0.25) is 11.1 Å². The van der Waals surface area contributed by atoms with Gasteiger partial charge in [-0.05, 0) is 30.7 Å². The summed E-state index contributed by atoms with van der Waals surface area (Å²) in [6, 6.07) is 17.3. The lowest BCUT2D eigenvalue weighted by Crippen LogP contribution is -2.18. The minimum Gasteiger partial charge on any atom is -0.482 e. The average molecular weight is 528 g/mol. The summed E-state index contributed by atoms with van der Waals surface area (Å²) in [5.74, 6) is 4.93. The fraction of sp³-hybridized carbons (Fsp3) is 0.167. The van der Waals surface area contributed by atoms with E-state index in [2.05, 4.69) is 15.5 Å². The Hall–Kier alpha value is -3.90. The third-order valence-corrected chi connectivity index (χ3v) is 6.89. The zero-order valence-corrected chi connectivity index (χ0v) is 20.8. The van der Waals surface area contributed by atoms with Gasteiger partial charge in [0.15, 0.2) is 17.4 Å². The SMILES string of the molecule is CCOC(=O)c1sc(-c2ccccc2)cc1NC(=O)CSc1nnc(COc2ccccc2F)n1N. The van der Waals surface area contributed by atoms with Crippen molar-refractivity contribution in [3.05, 3.63) is 77.2 Å². The lowest BCUT2D eigenvalue weighted by Gasteiger charge is -2.07. The van der Waals surface area contributed by atoms with Crippen LogP contribution in [0.2, 0.25) is 0 Å². The van der Waals surface area contributed by atoms with Gasteiger partial charge < -0.3 is 20.6 Å². The number of halogens is 1. The van der Waals surface area contributed by atoms with Crippen molar-refractivity contribution >= 4 is 40.7 Å². The van der Waals surface area contributed by atoms with Crippen LogP contribution in [0.4, 0.5) is 10.1 Å². The molecule has 186 valence electrons. The molecule has 0 aliphatic carbocycles. The number of thiophene rings is 1. The molecule has 2 aromatic carbocycles. The van der Waals surface area contributed by atoms with E-state index >= 15 is 0 Å². The molecule has 12 heteroatoms. The summed E-state index contributed by atoms with van der Waals surface area (Å²) < 4.78 is 25.5. The second-order valence-corrected chi connectivity index (χ2v) is 9.26. The van der Waals surface area contributed by atoms with Crippen molar-refractivity contribution in [1.82, 2.24) is 14.9 Å². The van der Waals surface area contributed by atoms with Crippen LogP contribution in [0.3, 0.4) is 0 Å². The van der Waals surface area contributed by atoms with Gasteiger partial charge in [0, 0.05) is 4.88 Å². The van der Waals surface area contributed by atoms with Crippen molar-refractivity contribution in [2.75, 3.05) is 23.5 Å². The van der Waals surface area contributed by atoms with E-state index in [1.165, 1.54) is 28.1 Å². The fourth-order valence-electron chi connectivity index (χ4n) is 3.10. The summed E-state index contributed by atoms with van der Waals surface area (Å²) in [6.45, 7) is 1.84. The molecular weight excluding hydrogens is 505 g/mol. The molecule has 0 atom stereocenters. The number of anilines is 1. The van der Waals surface area contributed by atoms with Crippen LogP contribution < -0.4 is 15.9 Å². The number of rotatable bonds is 10. The molecule has 0 aliphatic rings. The van der Waals surface area contributed by atoms with Crippen LogP contribution in [0.5, 0.6) is 5.75 Å². The Bertz CT molecular complexity index is 1360. The van der Waals surface area contributed by atoms with Gasteiger partial charge in [0.25, 0.3) is 0 Å². The zero-order chi connectivity index (χ0) is 25.5. The molecule has 3 N–H and O–H groups in total. The van der Waals surface area contributed by atoms with Gasteiger partial charge in [0.05, 0.1) is 18.0 Å². The van der Waals surface area contributed by atoms with E-state index in [1.807, 2.05) is 30.3 Å². The highest BCUT2D eigenvalue weighted by Crippen LogP contribution is 2.35. The number of nitrogens with two attached hydrogens (primary N) is 1. The van der Waals surface area contributed by atoms with Crippen molar-refractivity contribution in [1.29, 1.82) is 0 Å². The van der Waals surface area contributed by atoms with E-state index in [4.69, 9.17) is 15.3 Å². The fourth-order valence-corrected chi connectivity index (χ4v) is 4.79. The van der Waals surface area contributed by atoms with Crippen molar-refractivity contribution in [3.63, 3.8) is 0 Å². The number of aromatic nitrogens is 3. The van der Waals surface area contributed by atoms with Crippen LogP contribution in [0.25, 0.3) is 10.4 Å². The van der Waals surface area contributed by atoms with Crippen LogP contribution in [-0.4, -0.2) is 39.1 Å². The second kappa shape index (κ2) is 11.7. The lowest BCUT2D eigenvalue weighted by atomic mass is 10.2. The molecular formula is C24H22FN5O4S2. The maximum absolute atomic E-state index is 13.7. The first-order valence-corrected chi connectivity index (χ1v) is 12.6. The molecule has 0 fully saturated rings. The van der Waals surface area contributed by atoms with Crippen LogP contribution in [-0.2, 0) is 16.1 Å². The third-order valence-electron chi connectivity index (χ3n) is 4.79. The molecule has 0 aliphatic heterocycles. The van der Waals surface area contributed by atoms with Gasteiger partial charge >= 0.3 is 5.97 Å². The standard InChI is InChI=1S/C24H22FN5O4S2/c1-2-33-23(32)22-17(12-19(36-22)15-8-4-3-5-9-15)27-21(31)14-35-24-29-28-20(30(24)26)13-34-18-11-7-6-10-16(18)25/h3-12H,2,13-14,26H2,1H3,(H,27,31). The molecule has 4 rings (SSSR count). The summed E-state index contributed by atoms with van der Waals surface area (Å²) in [5, 5.41) is 11.0. The highest BCUT2D eigenvalue weighted by molar-refractivity contribution is 7.99. The Labute approximate surface area is 214 Å². The molecule has 0 saturated heterocycles. The number of nitrogens with one attached hydrogen (secondary N) is 1. The number of amides is 1. The van der Waals surface area contributed by atoms with E-state index in [-0.39, 0.29) is 41.6 Å². The number of thioether (sulfide) groups is 1. The number of carbonyl (C=O) groups is 2. The first kappa shape index (κ1) is 25.2. The Morgan fingerprint density at radius 1 is 1.14 bits per heavy atom. The minimum absolute atomic E-state index is 0.0394. The highest BCUT2D eigenvalue weighted by Gasteiger charge is 2.21. The van der Waals surface area contributed by atoms with Crippen molar-refractivity contribution in [2.24, 2.45) is 0 Å². The molecule has 2 heterocycles. The maximum Gasteiger partial charge on any atom is 0.350 e. The van der Waals surface area contributed by atoms with Crippen LogP contribution in [0.15, 0.2) is 65.8 Å². The normalized spacial score (nSPS) is 10.7. The summed E-state index contributed by atoms with van der Waals surface area (Å²) >= 11 is 2.30. The van der Waals surface area contributed by atoms with Gasteiger partial charge in [0.1, 0.15) is 11.5 Å². The number of para-hydroxylation sites is 1. The molecule has 9 nitrogen and oxygen atoms in total. The Morgan fingerprint density at radius 3 is 2.64 bits per heavy atom. The Morgan fingerprint density at radius 2 is 1.89 bits per heavy atom. The van der Waals surface area contributed by atoms with Gasteiger partial charge in [-0.25, -0.2) is 13.9 Å². The highest BCUT2D eigenvalue weighted by atomic mass is 32.2. The van der Waals surface area contributed by atoms with E-state index in [0.29, 0.717) is 10.6 Å². The second-order valence-electron chi connectivity index (χ2n) is 7.26. The summed E-state index contributed by atoms with van der Waals surface area (Å²) in [6.07, 6.45) is 0. The first-order chi connectivity index (χ1) is 17.5. The van der Waals surface area contributed by atoms with Gasteiger partial charge in [-0.3, -0.25) is 4.79 Å². The first-order valence-electron chi connectivity index (χ1n) is 10.8. The molecule has 0 radical (unpaired) electrons. The molecule has 0 unspecified atom stereocenters. The number of benzene rings is 2. The van der Waals surface area contributed by atoms with Gasteiger partial charge in [-0.2, -0.15) is 0 Å². The van der Waals surface area contributed by atoms with E-state index in [0.717, 1.165) is 22.2 Å². The number of carbonyl (C=O) groups excluding carboxylic acids is 2. The topological polar surface area (TPSA) is 121 Å². The number of nitrogens with zero attached hydrogens (tertiary/aromatic N) is 3. The van der Waals surface area contributed by atoms with Crippen LogP contribution >= 0.6 is 23.1 Å². The molecule has 1 amide bonds. The van der Waals surface area contributed by atoms with E-state index < -0.39 is 11.8 Å². The Balaban J connectivity index is 1.40. The van der Waals surface area contributed by atoms with Crippen LogP contribution in [0.1, 0.15) is 22.4 Å². The summed E-state index contributed by atoms with van der Waals surface area (Å²) in [7, 11) is 0. The summed E-state index contributed by atoms with van der Waals surface area (Å²) in [4.78, 5) is 26.3. The molecule has 36 heavy (non-hydrogen) atoms. The minimum atomic E-state index is -0.506. The van der Waals surface area contributed by atoms with Gasteiger partial charge in [-0.1, -0.05) is 54.2 Å². The number of ether oxygens (including phenoxy) is 2. The van der Waals surface area contributed by atoms with Crippen LogP contribution in [0, 0.1) is 5.82 Å². The number of hydrogen-bond acceptors (Lipinski definition) is 9. The zero-order valence-electron chi connectivity index (χ0n) is 19.1. The number of esters is 1. The molecule has 4 aromatic rings. The molecule has 2 aromatic heterocycles. The average Bonchev–Trinajstić information content (AvgIpc) is 3.46. The Kier molecular flexibility index (Phi) is 8.18. The largest absolute Gasteiger partial charge is 0.482 e. The summed E-state index contributed by atoms with van der Waals surface area (Å²) in [5.41, 5.74) is 1.29. The molecule has 0 spiro atoms. The predicted octanol–water partition coefficient (Wildman–Crippen LogP) is 4.35. The van der Waals surface area contributed by atoms with Crippen molar-refractivity contribution in [3.8, 4) is 16.2 Å². The van der Waals surface area contributed by atoms with Gasteiger partial charge in [-0.15, -0.1) is 21.5 Å².